The summed E-state index contributed by atoms with van der Waals surface area (Å²) in [6, 6.07) is 20.1. The first-order valence-corrected chi connectivity index (χ1v) is 12.6. The van der Waals surface area contributed by atoms with Crippen molar-refractivity contribution in [1.29, 1.82) is 0 Å². The van der Waals surface area contributed by atoms with Crippen molar-refractivity contribution in [2.75, 3.05) is 0 Å². The number of allylic oxidation sites excluding steroid dienone is 5. The third-order valence-electron chi connectivity index (χ3n) is 6.93. The summed E-state index contributed by atoms with van der Waals surface area (Å²) in [5.74, 6) is 0. The van der Waals surface area contributed by atoms with Gasteiger partial charge >= 0.3 is 176 Å². The van der Waals surface area contributed by atoms with Crippen molar-refractivity contribution < 1.29 is 57.2 Å². The maximum Gasteiger partial charge on any atom is -1.00 e. The molecule has 4 rings (SSSR count). The summed E-state index contributed by atoms with van der Waals surface area (Å²) in [7, 11) is 0. The van der Waals surface area contributed by atoms with Gasteiger partial charge in [0.2, 0.25) is 0 Å². The minimum Gasteiger partial charge on any atom is -1.00 e. The van der Waals surface area contributed by atoms with Gasteiger partial charge in [0.15, 0.2) is 0 Å². The Morgan fingerprint density at radius 2 is 1.34 bits per heavy atom. The molecule has 29 heavy (non-hydrogen) atoms. The van der Waals surface area contributed by atoms with Gasteiger partial charge in [0.25, 0.3) is 0 Å². The predicted molar refractivity (Wildman–Crippen MR) is 113 cm³/mol. The summed E-state index contributed by atoms with van der Waals surface area (Å²) in [6.45, 7) is 11.9. The quantitative estimate of drug-likeness (QED) is 0.508. The summed E-state index contributed by atoms with van der Waals surface area (Å²) in [6.07, 6.45) is 3.71. The summed E-state index contributed by atoms with van der Waals surface area (Å²) in [4.78, 5) is 0. The normalized spacial score (nSPS) is 19.2. The summed E-state index contributed by atoms with van der Waals surface area (Å²) < 4.78 is 0.976. The van der Waals surface area contributed by atoms with E-state index < -0.39 is 23.2 Å². The molecule has 1 unspecified atom stereocenters. The van der Waals surface area contributed by atoms with Crippen LogP contribution in [0.15, 0.2) is 76.9 Å². The molecule has 2 aromatic carbocycles. The minimum absolute atomic E-state index is 0. The maximum absolute atomic E-state index is 2.46. The first-order chi connectivity index (χ1) is 13.0. The standard InChI is InChI=1S/C15H11.C11H17.2BrH.Zr/c1-2-6-12(7-3-1)15-10-13-8-4-5-9-14(13)11-15;1-6-11-9(4)7(2)8(3)10(11)5;;;/h1-11H;6H2,1-5H3;2*1H;/q;;;;+2/p-2. The Balaban J connectivity index is 0.00000150. The first-order valence-electron chi connectivity index (χ1n) is 9.99. The molecule has 0 spiro atoms. The fourth-order valence-electron chi connectivity index (χ4n) is 4.94. The smallest absolute Gasteiger partial charge is 1.00 e. The van der Waals surface area contributed by atoms with E-state index in [-0.39, 0.29) is 34.0 Å². The Kier molecular flexibility index (Phi) is 8.33. The minimum atomic E-state index is -0.854. The van der Waals surface area contributed by atoms with Crippen LogP contribution in [0.25, 0.3) is 11.6 Å². The van der Waals surface area contributed by atoms with Crippen LogP contribution in [0.2, 0.25) is 3.12 Å². The average Bonchev–Trinajstić information content (AvgIpc) is 3.15. The van der Waals surface area contributed by atoms with Crippen LogP contribution < -0.4 is 34.0 Å². The van der Waals surface area contributed by atoms with Crippen LogP contribution in [-0.2, 0) is 23.2 Å². The maximum atomic E-state index is 2.46. The molecule has 0 aromatic heterocycles. The van der Waals surface area contributed by atoms with Gasteiger partial charge in [-0.15, -0.1) is 0 Å². The molecule has 0 radical (unpaired) electrons. The van der Waals surface area contributed by atoms with Gasteiger partial charge in [0.1, 0.15) is 0 Å². The fourth-order valence-corrected chi connectivity index (χ4v) is 10.7. The summed E-state index contributed by atoms with van der Waals surface area (Å²) in [5.41, 5.74) is 12.4. The van der Waals surface area contributed by atoms with Crippen LogP contribution in [0, 0.1) is 0 Å². The molecule has 2 aliphatic carbocycles. The Bertz CT molecular complexity index is 959. The molecule has 0 nitrogen and oxygen atoms in total. The van der Waals surface area contributed by atoms with E-state index in [2.05, 4.69) is 95.3 Å². The first kappa shape index (κ1) is 24.8. The van der Waals surface area contributed by atoms with Gasteiger partial charge in [0.05, 0.1) is 0 Å². The van der Waals surface area contributed by atoms with Crippen LogP contribution in [0.4, 0.5) is 0 Å². The van der Waals surface area contributed by atoms with Gasteiger partial charge in [-0.25, -0.2) is 0 Å². The number of benzene rings is 2. The Labute approximate surface area is 208 Å². The molecule has 0 heterocycles. The van der Waals surface area contributed by atoms with Gasteiger partial charge in [-0.1, -0.05) is 0 Å². The van der Waals surface area contributed by atoms with E-state index in [1.165, 1.54) is 17.5 Å². The molecular formula is C26H28Br2Zr. The molecule has 0 amide bonds. The number of hydrogen-bond donors (Lipinski definition) is 0. The second-order valence-electron chi connectivity index (χ2n) is 7.93. The van der Waals surface area contributed by atoms with Gasteiger partial charge in [-0.3, -0.25) is 0 Å². The summed E-state index contributed by atoms with van der Waals surface area (Å²) >= 11 is -0.854. The number of fused-ring (bicyclic) bond motifs is 1. The monoisotopic (exact) mass is 588 g/mol. The van der Waals surface area contributed by atoms with Crippen molar-refractivity contribution >= 4 is 11.6 Å². The molecule has 1 atom stereocenters. The Morgan fingerprint density at radius 3 is 1.93 bits per heavy atom. The van der Waals surface area contributed by atoms with E-state index in [4.69, 9.17) is 0 Å². The predicted octanol–water partition coefficient (Wildman–Crippen LogP) is 1.63. The molecule has 0 N–H and O–H groups in total. The van der Waals surface area contributed by atoms with Crippen molar-refractivity contribution in [1.82, 2.24) is 0 Å². The zero-order chi connectivity index (χ0) is 19.2. The zero-order valence-electron chi connectivity index (χ0n) is 17.8. The largest absolute Gasteiger partial charge is 1.00 e. The Hall–Kier alpha value is -0.497. The van der Waals surface area contributed by atoms with Crippen molar-refractivity contribution in [3.05, 3.63) is 93.6 Å². The van der Waals surface area contributed by atoms with Crippen molar-refractivity contribution in [2.24, 2.45) is 0 Å². The van der Waals surface area contributed by atoms with E-state index in [1.807, 2.05) is 0 Å². The van der Waals surface area contributed by atoms with Crippen molar-refractivity contribution in [3.8, 4) is 0 Å². The molecule has 2 aliphatic rings. The van der Waals surface area contributed by atoms with Gasteiger partial charge in [0, 0.05) is 0 Å². The number of hydrogen-bond acceptors (Lipinski definition) is 0. The van der Waals surface area contributed by atoms with E-state index in [9.17, 15) is 0 Å². The second-order valence-corrected chi connectivity index (χ2v) is 12.2. The van der Waals surface area contributed by atoms with E-state index >= 15 is 0 Å². The molecular weight excluding hydrogens is 563 g/mol. The molecule has 0 saturated heterocycles. The van der Waals surface area contributed by atoms with Gasteiger partial charge in [-0.05, 0) is 0 Å². The molecule has 2 aromatic rings. The van der Waals surface area contributed by atoms with E-state index in [1.54, 1.807) is 33.4 Å². The molecule has 0 saturated carbocycles. The van der Waals surface area contributed by atoms with E-state index in [0.29, 0.717) is 6.75 Å². The number of rotatable bonds is 4. The van der Waals surface area contributed by atoms with Crippen molar-refractivity contribution in [2.45, 2.75) is 47.8 Å². The third kappa shape index (κ3) is 4.04. The number of halogens is 2. The molecule has 150 valence electrons. The van der Waals surface area contributed by atoms with Crippen LogP contribution in [0.1, 0.15) is 61.4 Å². The second kappa shape index (κ2) is 9.75. The summed E-state index contributed by atoms with van der Waals surface area (Å²) in [5, 5.41) is 0. The van der Waals surface area contributed by atoms with Crippen LogP contribution in [-0.4, -0.2) is 0 Å². The molecule has 0 aliphatic heterocycles. The molecule has 0 bridgehead atoms. The van der Waals surface area contributed by atoms with Crippen LogP contribution in [0.3, 0.4) is 0 Å². The van der Waals surface area contributed by atoms with Crippen molar-refractivity contribution in [3.63, 3.8) is 0 Å². The third-order valence-corrected chi connectivity index (χ3v) is 13.1. The van der Waals surface area contributed by atoms with Crippen LogP contribution >= 0.6 is 0 Å². The molecule has 0 fully saturated rings. The average molecular weight is 592 g/mol. The topological polar surface area (TPSA) is 0 Å². The fraction of sp³-hybridized carbons (Fsp3) is 0.308. The molecule has 3 heteroatoms. The van der Waals surface area contributed by atoms with Crippen LogP contribution in [0.5, 0.6) is 0 Å². The van der Waals surface area contributed by atoms with Gasteiger partial charge < -0.3 is 34.0 Å². The van der Waals surface area contributed by atoms with Gasteiger partial charge in [-0.2, -0.15) is 0 Å². The van der Waals surface area contributed by atoms with E-state index in [0.717, 1.165) is 0 Å². The Morgan fingerprint density at radius 1 is 0.793 bits per heavy atom. The zero-order valence-corrected chi connectivity index (χ0v) is 23.4. The SMILES string of the molecule is CC[C]1([Zr+2][CH]2C(c3ccccc3)=Cc3ccccc32)C(C)=C(C)C(C)=C1C.[Br-].[Br-].